The van der Waals surface area contributed by atoms with Gasteiger partial charge in [0.2, 0.25) is 5.88 Å². The Labute approximate surface area is 137 Å². The van der Waals surface area contributed by atoms with Gasteiger partial charge in [-0.05, 0) is 18.6 Å². The number of methoxy groups -OCH3 is 1. The summed E-state index contributed by atoms with van der Waals surface area (Å²) in [5.41, 5.74) is 1.31. The number of benzene rings is 2. The zero-order valence-corrected chi connectivity index (χ0v) is 13.1. The van der Waals surface area contributed by atoms with E-state index in [9.17, 15) is 15.2 Å². The van der Waals surface area contributed by atoms with Crippen molar-refractivity contribution in [3.05, 3.63) is 58.1 Å². The second kappa shape index (κ2) is 5.25. The van der Waals surface area contributed by atoms with Crippen LogP contribution in [-0.4, -0.2) is 21.4 Å². The topological polar surface area (TPSA) is 80.2 Å². The van der Waals surface area contributed by atoms with E-state index in [0.29, 0.717) is 29.9 Å². The molecule has 0 spiro atoms. The molecule has 0 unspecified atom stereocenters. The molecule has 4 rings (SSSR count). The normalized spacial score (nSPS) is 16.2. The van der Waals surface area contributed by atoms with Crippen LogP contribution < -0.4 is 5.69 Å². The minimum Gasteiger partial charge on any atom is -0.493 e. The van der Waals surface area contributed by atoms with Gasteiger partial charge in [-0.1, -0.05) is 24.3 Å². The van der Waals surface area contributed by atoms with Gasteiger partial charge in [0.05, 0.1) is 17.3 Å². The summed E-state index contributed by atoms with van der Waals surface area (Å²) in [6, 6.07) is 12.9. The van der Waals surface area contributed by atoms with Crippen LogP contribution in [0.1, 0.15) is 23.8 Å². The van der Waals surface area contributed by atoms with Crippen molar-refractivity contribution >= 4 is 10.8 Å². The van der Waals surface area contributed by atoms with Crippen LogP contribution in [0.25, 0.3) is 16.5 Å². The minimum absolute atomic E-state index is 0.0980. The van der Waals surface area contributed by atoms with Crippen molar-refractivity contribution in [3.8, 4) is 17.6 Å². The first kappa shape index (κ1) is 14.5. The van der Waals surface area contributed by atoms with E-state index in [2.05, 4.69) is 6.07 Å². The molecule has 6 nitrogen and oxygen atoms in total. The van der Waals surface area contributed by atoms with Gasteiger partial charge in [-0.3, -0.25) is 4.57 Å². The van der Waals surface area contributed by atoms with Gasteiger partial charge >= 0.3 is 5.69 Å². The monoisotopic (exact) mass is 321 g/mol. The average molecular weight is 321 g/mol. The Balaban J connectivity index is 2.05. The van der Waals surface area contributed by atoms with Crippen LogP contribution in [0.15, 0.2) is 41.2 Å². The molecule has 1 aromatic heterocycles. The van der Waals surface area contributed by atoms with E-state index in [1.807, 2.05) is 24.3 Å². The van der Waals surface area contributed by atoms with Crippen LogP contribution in [-0.2, 0) is 11.3 Å². The number of hydrogen-bond donors (Lipinski definition) is 1. The quantitative estimate of drug-likeness (QED) is 0.786. The molecular formula is C18H15N3O3. The van der Waals surface area contributed by atoms with Crippen molar-refractivity contribution in [2.24, 2.45) is 0 Å². The predicted octanol–water partition coefficient (Wildman–Crippen LogP) is 2.46. The van der Waals surface area contributed by atoms with Gasteiger partial charge in [-0.15, -0.1) is 0 Å². The molecule has 0 radical (unpaired) electrons. The number of rotatable bonds is 2. The van der Waals surface area contributed by atoms with Gasteiger partial charge in [0.1, 0.15) is 11.8 Å². The molecule has 2 heterocycles. The average Bonchev–Trinajstić information content (AvgIpc) is 3.14. The lowest BCUT2D eigenvalue weighted by molar-refractivity contribution is 0.102. The van der Waals surface area contributed by atoms with Crippen molar-refractivity contribution < 1.29 is 9.84 Å². The van der Waals surface area contributed by atoms with Crippen molar-refractivity contribution in [1.82, 2.24) is 9.13 Å². The Kier molecular flexibility index (Phi) is 3.18. The minimum atomic E-state index is -0.295. The van der Waals surface area contributed by atoms with Gasteiger partial charge in [-0.25, -0.2) is 9.36 Å². The number of nitrogens with zero attached hydrogens (tertiary/aromatic N) is 3. The summed E-state index contributed by atoms with van der Waals surface area (Å²) in [7, 11) is 1.57. The zero-order valence-electron chi connectivity index (χ0n) is 13.1. The largest absolute Gasteiger partial charge is 0.493 e. The number of aromatic hydroxyl groups is 1. The van der Waals surface area contributed by atoms with Gasteiger partial charge in [0, 0.05) is 24.4 Å². The molecule has 0 fully saturated rings. The Morgan fingerprint density at radius 3 is 2.71 bits per heavy atom. The van der Waals surface area contributed by atoms with Gasteiger partial charge < -0.3 is 9.84 Å². The van der Waals surface area contributed by atoms with Gasteiger partial charge in [-0.2, -0.15) is 5.26 Å². The highest BCUT2D eigenvalue weighted by molar-refractivity contribution is 5.94. The summed E-state index contributed by atoms with van der Waals surface area (Å²) in [6.07, 6.45) is 0.382. The maximum absolute atomic E-state index is 12.8. The first-order chi connectivity index (χ1) is 11.7. The fraction of sp³-hybridized carbons (Fsp3) is 0.222. The van der Waals surface area contributed by atoms with Crippen LogP contribution in [0.5, 0.6) is 5.88 Å². The maximum atomic E-state index is 12.8. The molecule has 0 aliphatic carbocycles. The third-order valence-corrected chi connectivity index (χ3v) is 4.62. The van der Waals surface area contributed by atoms with Crippen LogP contribution in [0.4, 0.5) is 0 Å². The van der Waals surface area contributed by atoms with E-state index in [-0.39, 0.29) is 17.7 Å². The smallest absolute Gasteiger partial charge is 0.336 e. The van der Waals surface area contributed by atoms with Crippen LogP contribution in [0.3, 0.4) is 0 Å². The van der Waals surface area contributed by atoms with E-state index < -0.39 is 0 Å². The Hall–Kier alpha value is -3.04. The summed E-state index contributed by atoms with van der Waals surface area (Å²) >= 11 is 0. The van der Waals surface area contributed by atoms with E-state index in [4.69, 9.17) is 4.74 Å². The molecule has 6 heteroatoms. The standard InChI is InChI=1S/C18H15N3O3/c1-24-15-8-9-20-16(15)17(22)21(18(20)23)14-7-6-11(10-19)12-4-2-3-5-13(12)14/h2-7,15,22H,8-9H2,1H3/t15-/m0/s1. The zero-order chi connectivity index (χ0) is 16.8. The van der Waals surface area contributed by atoms with Crippen molar-refractivity contribution in [2.45, 2.75) is 19.1 Å². The number of ether oxygens (including phenoxy) is 1. The second-order valence-electron chi connectivity index (χ2n) is 5.78. The molecule has 0 bridgehead atoms. The van der Waals surface area contributed by atoms with Gasteiger partial charge in [0.25, 0.3) is 0 Å². The molecule has 0 amide bonds. The molecule has 1 aliphatic rings. The fourth-order valence-electron chi connectivity index (χ4n) is 3.49. The third-order valence-electron chi connectivity index (χ3n) is 4.62. The Morgan fingerprint density at radius 2 is 2.00 bits per heavy atom. The molecule has 120 valence electrons. The molecule has 1 aliphatic heterocycles. The molecule has 0 saturated heterocycles. The molecule has 1 N–H and O–H groups in total. The number of hydrogen-bond acceptors (Lipinski definition) is 4. The number of nitriles is 1. The molecular weight excluding hydrogens is 306 g/mol. The summed E-state index contributed by atoms with van der Waals surface area (Å²) < 4.78 is 8.22. The first-order valence-electron chi connectivity index (χ1n) is 7.66. The summed E-state index contributed by atoms with van der Waals surface area (Å²) in [4.78, 5) is 12.8. The van der Waals surface area contributed by atoms with E-state index in [1.54, 1.807) is 23.8 Å². The van der Waals surface area contributed by atoms with E-state index in [0.717, 1.165) is 10.8 Å². The van der Waals surface area contributed by atoms with Crippen molar-refractivity contribution in [2.75, 3.05) is 7.11 Å². The predicted molar refractivity (Wildman–Crippen MR) is 88.3 cm³/mol. The molecule has 24 heavy (non-hydrogen) atoms. The molecule has 2 aromatic carbocycles. The van der Waals surface area contributed by atoms with Crippen LogP contribution >= 0.6 is 0 Å². The van der Waals surface area contributed by atoms with E-state index >= 15 is 0 Å². The lowest BCUT2D eigenvalue weighted by atomic mass is 10.0. The molecule has 1 atom stereocenters. The lowest BCUT2D eigenvalue weighted by Gasteiger charge is -2.11. The summed E-state index contributed by atoms with van der Waals surface area (Å²) in [5, 5.41) is 21.4. The van der Waals surface area contributed by atoms with E-state index in [1.165, 1.54) is 4.57 Å². The van der Waals surface area contributed by atoms with Crippen LogP contribution in [0.2, 0.25) is 0 Å². The highest BCUT2D eigenvalue weighted by atomic mass is 16.5. The highest BCUT2D eigenvalue weighted by Gasteiger charge is 2.32. The Morgan fingerprint density at radius 1 is 1.25 bits per heavy atom. The second-order valence-corrected chi connectivity index (χ2v) is 5.78. The summed E-state index contributed by atoms with van der Waals surface area (Å²) in [6.45, 7) is 0.515. The first-order valence-corrected chi connectivity index (χ1v) is 7.66. The highest BCUT2D eigenvalue weighted by Crippen LogP contribution is 2.36. The fourth-order valence-corrected chi connectivity index (χ4v) is 3.49. The molecule has 3 aromatic rings. The third kappa shape index (κ3) is 1.82. The Bertz CT molecular complexity index is 1060. The van der Waals surface area contributed by atoms with Crippen LogP contribution in [0, 0.1) is 11.3 Å². The number of fused-ring (bicyclic) bond motifs is 2. The van der Waals surface area contributed by atoms with Crippen molar-refractivity contribution in [3.63, 3.8) is 0 Å². The maximum Gasteiger partial charge on any atom is 0.336 e. The van der Waals surface area contributed by atoms with Gasteiger partial charge in [0.15, 0.2) is 0 Å². The lowest BCUT2D eigenvalue weighted by Crippen LogP contribution is -2.22. The summed E-state index contributed by atoms with van der Waals surface area (Å²) in [5.74, 6) is -0.0980. The number of imidazole rings is 1. The number of aromatic nitrogens is 2. The van der Waals surface area contributed by atoms with Crippen molar-refractivity contribution in [1.29, 1.82) is 5.26 Å². The molecule has 0 saturated carbocycles. The SMILES string of the molecule is CO[C@H]1CCn2c1c(O)n(-c1ccc(C#N)c3ccccc13)c2=O.